The number of amides is 1. The third kappa shape index (κ3) is 4.40. The molecule has 1 aromatic carbocycles. The van der Waals surface area contributed by atoms with Gasteiger partial charge in [0.05, 0.1) is 48.2 Å². The summed E-state index contributed by atoms with van der Waals surface area (Å²) in [6.45, 7) is 6.08. The summed E-state index contributed by atoms with van der Waals surface area (Å²) in [6.07, 6.45) is 3.71. The molecule has 9 heteroatoms. The Morgan fingerprint density at radius 2 is 1.86 bits per heavy atom. The molecule has 0 saturated carbocycles. The number of aliphatic hydroxyl groups is 1. The van der Waals surface area contributed by atoms with Gasteiger partial charge < -0.3 is 19.2 Å². The Morgan fingerprint density at radius 3 is 2.57 bits per heavy atom. The molecule has 4 heterocycles. The second-order valence-corrected chi connectivity index (χ2v) is 8.71. The molecule has 0 unspecified atom stereocenters. The van der Waals surface area contributed by atoms with Gasteiger partial charge in [0.25, 0.3) is 11.7 Å². The number of carbonyl (C=O) groups excluding carboxylic acids is 2. The number of nitrogens with zero attached hydrogens (tertiary/aromatic N) is 4. The van der Waals surface area contributed by atoms with Crippen molar-refractivity contribution in [1.82, 2.24) is 19.6 Å². The molecule has 9 nitrogen and oxygen atoms in total. The van der Waals surface area contributed by atoms with Crippen LogP contribution in [0, 0.1) is 6.92 Å². The molecule has 1 N–H and O–H groups in total. The van der Waals surface area contributed by atoms with Gasteiger partial charge in [0, 0.05) is 26.2 Å². The molecule has 1 amide bonds. The van der Waals surface area contributed by atoms with E-state index in [0.29, 0.717) is 43.2 Å². The van der Waals surface area contributed by atoms with Gasteiger partial charge >= 0.3 is 0 Å². The number of furan rings is 1. The van der Waals surface area contributed by atoms with E-state index < -0.39 is 17.7 Å². The van der Waals surface area contributed by atoms with Crippen LogP contribution in [-0.2, 0) is 14.3 Å². The largest absolute Gasteiger partial charge is 0.507 e. The number of benzene rings is 1. The SMILES string of the molecule is Cc1c(C(O)=C2C(=O)C(=O)N(CCCN3CCOCC3)[C@@H]2c2ccco2)cnn1-c1ccccc1. The molecule has 2 aromatic heterocycles. The van der Waals surface area contributed by atoms with Crippen molar-refractivity contribution >= 4 is 17.4 Å². The fourth-order valence-corrected chi connectivity index (χ4v) is 4.76. The number of ether oxygens (including phenoxy) is 1. The van der Waals surface area contributed by atoms with E-state index in [-0.39, 0.29) is 11.3 Å². The summed E-state index contributed by atoms with van der Waals surface area (Å²) in [7, 11) is 0. The highest BCUT2D eigenvalue weighted by molar-refractivity contribution is 6.46. The summed E-state index contributed by atoms with van der Waals surface area (Å²) >= 11 is 0. The van der Waals surface area contributed by atoms with Gasteiger partial charge in [0.2, 0.25) is 0 Å². The zero-order valence-corrected chi connectivity index (χ0v) is 19.6. The third-order valence-electron chi connectivity index (χ3n) is 6.60. The van der Waals surface area contributed by atoms with Gasteiger partial charge in [0.1, 0.15) is 17.6 Å². The number of morpholine rings is 1. The van der Waals surface area contributed by atoms with Crippen molar-refractivity contribution < 1.29 is 23.8 Å². The zero-order valence-electron chi connectivity index (χ0n) is 19.6. The molecule has 3 aromatic rings. The molecule has 182 valence electrons. The van der Waals surface area contributed by atoms with Crippen LogP contribution in [0.25, 0.3) is 11.4 Å². The number of rotatable bonds is 7. The van der Waals surface area contributed by atoms with Crippen LogP contribution in [0.2, 0.25) is 0 Å². The molecule has 2 saturated heterocycles. The lowest BCUT2D eigenvalue weighted by molar-refractivity contribution is -0.140. The van der Waals surface area contributed by atoms with Crippen LogP contribution >= 0.6 is 0 Å². The van der Waals surface area contributed by atoms with Gasteiger partial charge in [-0.2, -0.15) is 5.10 Å². The van der Waals surface area contributed by atoms with Crippen LogP contribution in [0.3, 0.4) is 0 Å². The number of aromatic nitrogens is 2. The first-order chi connectivity index (χ1) is 17.1. The van der Waals surface area contributed by atoms with Gasteiger partial charge in [-0.25, -0.2) is 4.68 Å². The molecular weight excluding hydrogens is 448 g/mol. The molecule has 2 fully saturated rings. The van der Waals surface area contributed by atoms with Crippen molar-refractivity contribution in [2.24, 2.45) is 0 Å². The minimum Gasteiger partial charge on any atom is -0.507 e. The smallest absolute Gasteiger partial charge is 0.295 e. The number of aliphatic hydroxyl groups excluding tert-OH is 1. The number of likely N-dealkylation sites (tertiary alicyclic amines) is 1. The monoisotopic (exact) mass is 476 g/mol. The topological polar surface area (TPSA) is 101 Å². The number of para-hydroxylation sites is 1. The normalized spacial score (nSPS) is 20.6. The maximum Gasteiger partial charge on any atom is 0.295 e. The Balaban J connectivity index is 1.47. The quantitative estimate of drug-likeness (QED) is 0.318. The molecule has 0 radical (unpaired) electrons. The highest BCUT2D eigenvalue weighted by Crippen LogP contribution is 2.40. The second kappa shape index (κ2) is 9.89. The summed E-state index contributed by atoms with van der Waals surface area (Å²) in [5.41, 5.74) is 1.91. The summed E-state index contributed by atoms with van der Waals surface area (Å²) in [5.74, 6) is -1.17. The van der Waals surface area contributed by atoms with Crippen LogP contribution in [-0.4, -0.2) is 75.8 Å². The van der Waals surface area contributed by atoms with E-state index in [1.807, 2.05) is 37.3 Å². The molecule has 0 spiro atoms. The molecule has 2 aliphatic rings. The Labute approximate surface area is 203 Å². The highest BCUT2D eigenvalue weighted by Gasteiger charge is 2.47. The minimum atomic E-state index is -0.797. The van der Waals surface area contributed by atoms with Crippen molar-refractivity contribution in [3.8, 4) is 5.69 Å². The molecule has 1 atom stereocenters. The Kier molecular flexibility index (Phi) is 6.52. The Hall–Kier alpha value is -3.69. The predicted octanol–water partition coefficient (Wildman–Crippen LogP) is 2.92. The number of carbonyl (C=O) groups is 2. The standard InChI is InChI=1S/C26H28N4O5/c1-18-20(17-27-30(18)19-7-3-2-4-8-19)24(31)22-23(21-9-5-14-35-21)29(26(33)25(22)32)11-6-10-28-12-15-34-16-13-28/h2-5,7-9,14,17,23,31H,6,10-13,15-16H2,1H3/t23-/m1/s1. The van der Waals surface area contributed by atoms with Gasteiger partial charge in [-0.3, -0.25) is 14.5 Å². The number of ketones is 1. The van der Waals surface area contributed by atoms with E-state index in [4.69, 9.17) is 9.15 Å². The first-order valence-corrected chi connectivity index (χ1v) is 11.8. The fourth-order valence-electron chi connectivity index (χ4n) is 4.76. The van der Waals surface area contributed by atoms with Gasteiger partial charge in [0.15, 0.2) is 0 Å². The van der Waals surface area contributed by atoms with Crippen molar-refractivity contribution in [1.29, 1.82) is 0 Å². The average molecular weight is 477 g/mol. The summed E-state index contributed by atoms with van der Waals surface area (Å²) < 4.78 is 12.7. The van der Waals surface area contributed by atoms with Crippen molar-refractivity contribution in [2.75, 3.05) is 39.4 Å². The van der Waals surface area contributed by atoms with Crippen LogP contribution in [0.1, 0.15) is 29.5 Å². The fraction of sp³-hybridized carbons (Fsp3) is 0.346. The number of Topliss-reactive ketones (excluding diaryl/α,β-unsaturated/α-hetero) is 1. The van der Waals surface area contributed by atoms with E-state index >= 15 is 0 Å². The first-order valence-electron chi connectivity index (χ1n) is 11.8. The molecule has 35 heavy (non-hydrogen) atoms. The van der Waals surface area contributed by atoms with E-state index in [9.17, 15) is 14.7 Å². The maximum absolute atomic E-state index is 13.2. The number of hydrogen-bond donors (Lipinski definition) is 1. The van der Waals surface area contributed by atoms with Crippen LogP contribution < -0.4 is 0 Å². The zero-order chi connectivity index (χ0) is 24.4. The first kappa shape index (κ1) is 23.1. The third-order valence-corrected chi connectivity index (χ3v) is 6.60. The van der Waals surface area contributed by atoms with E-state index in [1.54, 1.807) is 16.8 Å². The molecule has 0 aliphatic carbocycles. The molecule has 2 aliphatic heterocycles. The Bertz CT molecular complexity index is 1230. The van der Waals surface area contributed by atoms with Crippen molar-refractivity contribution in [3.05, 3.63) is 77.5 Å². The van der Waals surface area contributed by atoms with E-state index in [2.05, 4.69) is 10.00 Å². The number of hydrogen-bond acceptors (Lipinski definition) is 7. The minimum absolute atomic E-state index is 0.0204. The van der Waals surface area contributed by atoms with Crippen molar-refractivity contribution in [3.63, 3.8) is 0 Å². The average Bonchev–Trinajstić information content (AvgIpc) is 3.60. The van der Waals surface area contributed by atoms with Crippen LogP contribution in [0.5, 0.6) is 0 Å². The highest BCUT2D eigenvalue weighted by atomic mass is 16.5. The van der Waals surface area contributed by atoms with Crippen LogP contribution in [0.15, 0.2) is 64.9 Å². The summed E-state index contributed by atoms with van der Waals surface area (Å²) in [4.78, 5) is 30.1. The van der Waals surface area contributed by atoms with E-state index in [1.165, 1.54) is 17.4 Å². The summed E-state index contributed by atoms with van der Waals surface area (Å²) in [6, 6.07) is 12.1. The van der Waals surface area contributed by atoms with Crippen LogP contribution in [0.4, 0.5) is 0 Å². The summed E-state index contributed by atoms with van der Waals surface area (Å²) in [5, 5.41) is 15.7. The lowest BCUT2D eigenvalue weighted by Crippen LogP contribution is -2.38. The molecule has 5 rings (SSSR count). The van der Waals surface area contributed by atoms with Gasteiger partial charge in [-0.1, -0.05) is 18.2 Å². The molecule has 0 bridgehead atoms. The van der Waals surface area contributed by atoms with E-state index in [0.717, 1.165) is 25.3 Å². The predicted molar refractivity (Wildman–Crippen MR) is 128 cm³/mol. The Morgan fingerprint density at radius 1 is 1.09 bits per heavy atom. The van der Waals surface area contributed by atoms with Crippen molar-refractivity contribution in [2.45, 2.75) is 19.4 Å². The van der Waals surface area contributed by atoms with Gasteiger partial charge in [-0.05, 0) is 37.6 Å². The lowest BCUT2D eigenvalue weighted by Gasteiger charge is -2.28. The second-order valence-electron chi connectivity index (χ2n) is 8.71. The maximum atomic E-state index is 13.2. The van der Waals surface area contributed by atoms with Gasteiger partial charge in [-0.15, -0.1) is 0 Å². The lowest BCUT2D eigenvalue weighted by atomic mass is 9.99. The molecular formula is C26H28N4O5.